The molecule has 0 bridgehead atoms. The molecular formula is C9H18N2O4. The topological polar surface area (TPSA) is 102 Å². The number of carbonyl (C=O) groups is 2. The number of rotatable bonds is 6. The Hall–Kier alpha value is -1.14. The second kappa shape index (κ2) is 5.67. The van der Waals surface area contributed by atoms with Gasteiger partial charge in [-0.25, -0.2) is 0 Å². The number of amides is 1. The summed E-state index contributed by atoms with van der Waals surface area (Å²) in [5.74, 6) is -1.58. The first-order valence-corrected chi connectivity index (χ1v) is 4.57. The van der Waals surface area contributed by atoms with E-state index in [9.17, 15) is 9.59 Å². The highest BCUT2D eigenvalue weighted by Gasteiger charge is 2.24. The van der Waals surface area contributed by atoms with E-state index in [2.05, 4.69) is 5.32 Å². The highest BCUT2D eigenvalue weighted by molar-refractivity contribution is 5.86. The predicted molar refractivity (Wildman–Crippen MR) is 54.3 cm³/mol. The number of methoxy groups -OCH3 is 1. The Morgan fingerprint density at radius 1 is 1.53 bits per heavy atom. The van der Waals surface area contributed by atoms with Crippen LogP contribution in [-0.2, 0) is 14.3 Å². The number of hydrogen-bond acceptors (Lipinski definition) is 4. The van der Waals surface area contributed by atoms with Crippen LogP contribution in [0.25, 0.3) is 0 Å². The molecule has 0 radical (unpaired) electrons. The maximum Gasteiger partial charge on any atom is 0.305 e. The number of hydrogen-bond donors (Lipinski definition) is 3. The zero-order valence-corrected chi connectivity index (χ0v) is 9.24. The first-order valence-electron chi connectivity index (χ1n) is 4.57. The average molecular weight is 218 g/mol. The monoisotopic (exact) mass is 218 g/mol. The first kappa shape index (κ1) is 13.9. The van der Waals surface area contributed by atoms with E-state index in [4.69, 9.17) is 15.6 Å². The van der Waals surface area contributed by atoms with Crippen molar-refractivity contribution in [3.63, 3.8) is 0 Å². The third kappa shape index (κ3) is 6.03. The predicted octanol–water partition coefficient (Wildman–Crippen LogP) is -0.670. The summed E-state index contributed by atoms with van der Waals surface area (Å²) >= 11 is 0. The maximum absolute atomic E-state index is 11.4. The van der Waals surface area contributed by atoms with Gasteiger partial charge < -0.3 is 20.9 Å². The van der Waals surface area contributed by atoms with Crippen molar-refractivity contribution in [2.75, 3.05) is 13.7 Å². The number of aliphatic carboxylic acids is 1. The SMILES string of the molecule is COCC(C)(C)NC(=O)C(N)CC(=O)O. The van der Waals surface area contributed by atoms with Crippen molar-refractivity contribution in [2.24, 2.45) is 5.73 Å². The highest BCUT2D eigenvalue weighted by atomic mass is 16.5. The van der Waals surface area contributed by atoms with Gasteiger partial charge in [0.25, 0.3) is 0 Å². The summed E-state index contributed by atoms with van der Waals surface area (Å²) < 4.78 is 4.90. The summed E-state index contributed by atoms with van der Waals surface area (Å²) in [5.41, 5.74) is 4.83. The molecule has 0 aliphatic rings. The van der Waals surface area contributed by atoms with Crippen LogP contribution in [0.5, 0.6) is 0 Å². The minimum absolute atomic E-state index is 0.332. The molecule has 1 amide bonds. The third-order valence-electron chi connectivity index (χ3n) is 1.70. The Balaban J connectivity index is 4.17. The van der Waals surface area contributed by atoms with E-state index in [0.717, 1.165) is 0 Å². The Morgan fingerprint density at radius 3 is 2.47 bits per heavy atom. The van der Waals surface area contributed by atoms with Crippen LogP contribution < -0.4 is 11.1 Å². The van der Waals surface area contributed by atoms with Crippen LogP contribution in [0.1, 0.15) is 20.3 Å². The summed E-state index contributed by atoms with van der Waals surface area (Å²) in [6.07, 6.45) is -0.380. The van der Waals surface area contributed by atoms with E-state index in [-0.39, 0.29) is 6.42 Å². The molecule has 0 saturated carbocycles. The van der Waals surface area contributed by atoms with E-state index < -0.39 is 23.5 Å². The van der Waals surface area contributed by atoms with Crippen LogP contribution in [0, 0.1) is 0 Å². The normalized spacial score (nSPS) is 13.3. The van der Waals surface area contributed by atoms with Gasteiger partial charge in [-0.3, -0.25) is 9.59 Å². The summed E-state index contributed by atoms with van der Waals surface area (Å²) in [7, 11) is 1.52. The number of ether oxygens (including phenoxy) is 1. The maximum atomic E-state index is 11.4. The van der Waals surface area contributed by atoms with Crippen molar-refractivity contribution in [3.8, 4) is 0 Å². The molecule has 0 aliphatic carbocycles. The van der Waals surface area contributed by atoms with Gasteiger partial charge in [0, 0.05) is 7.11 Å². The molecule has 0 aliphatic heterocycles. The van der Waals surface area contributed by atoms with E-state index in [0.29, 0.717) is 6.61 Å². The summed E-state index contributed by atoms with van der Waals surface area (Å²) in [4.78, 5) is 21.7. The van der Waals surface area contributed by atoms with Crippen LogP contribution in [0.4, 0.5) is 0 Å². The van der Waals surface area contributed by atoms with E-state index in [1.54, 1.807) is 13.8 Å². The molecule has 88 valence electrons. The average Bonchev–Trinajstić information content (AvgIpc) is 2.01. The highest BCUT2D eigenvalue weighted by Crippen LogP contribution is 2.03. The van der Waals surface area contributed by atoms with Crippen molar-refractivity contribution in [1.82, 2.24) is 5.32 Å². The molecule has 1 unspecified atom stereocenters. The number of nitrogens with one attached hydrogen (secondary N) is 1. The molecule has 0 rings (SSSR count). The fourth-order valence-electron chi connectivity index (χ4n) is 1.10. The minimum atomic E-state index is -1.10. The Labute approximate surface area is 88.8 Å². The van der Waals surface area contributed by atoms with Gasteiger partial charge in [-0.05, 0) is 13.8 Å². The molecule has 15 heavy (non-hydrogen) atoms. The van der Waals surface area contributed by atoms with Crippen molar-refractivity contribution in [1.29, 1.82) is 0 Å². The van der Waals surface area contributed by atoms with Gasteiger partial charge >= 0.3 is 5.97 Å². The Bertz CT molecular complexity index is 240. The summed E-state index contributed by atoms with van der Waals surface area (Å²) in [5, 5.41) is 11.1. The molecule has 6 nitrogen and oxygen atoms in total. The van der Waals surface area contributed by atoms with Crippen molar-refractivity contribution < 1.29 is 19.4 Å². The van der Waals surface area contributed by atoms with Crippen molar-refractivity contribution >= 4 is 11.9 Å². The fourth-order valence-corrected chi connectivity index (χ4v) is 1.10. The van der Waals surface area contributed by atoms with E-state index >= 15 is 0 Å². The first-order chi connectivity index (χ1) is 6.78. The number of carboxylic acid groups (broad SMARTS) is 1. The fraction of sp³-hybridized carbons (Fsp3) is 0.778. The van der Waals surface area contributed by atoms with Crippen LogP contribution in [-0.4, -0.2) is 42.3 Å². The molecule has 0 aromatic carbocycles. The largest absolute Gasteiger partial charge is 0.481 e. The second-order valence-corrected chi connectivity index (χ2v) is 4.01. The molecule has 1 atom stereocenters. The zero-order valence-electron chi connectivity index (χ0n) is 9.24. The zero-order chi connectivity index (χ0) is 12.1. The van der Waals surface area contributed by atoms with Gasteiger partial charge in [-0.1, -0.05) is 0 Å². The molecule has 0 aromatic heterocycles. The molecule has 0 saturated heterocycles. The molecule has 0 heterocycles. The van der Waals surface area contributed by atoms with Gasteiger partial charge in [0.1, 0.15) is 0 Å². The number of carboxylic acids is 1. The van der Waals surface area contributed by atoms with Gasteiger partial charge in [0.15, 0.2) is 0 Å². The van der Waals surface area contributed by atoms with Crippen molar-refractivity contribution in [2.45, 2.75) is 31.8 Å². The van der Waals surface area contributed by atoms with Crippen LogP contribution in [0.15, 0.2) is 0 Å². The molecule has 4 N–H and O–H groups in total. The summed E-state index contributed by atoms with van der Waals surface area (Å²) in [6.45, 7) is 3.86. The minimum Gasteiger partial charge on any atom is -0.481 e. The molecule has 6 heteroatoms. The smallest absolute Gasteiger partial charge is 0.305 e. The van der Waals surface area contributed by atoms with Crippen molar-refractivity contribution in [3.05, 3.63) is 0 Å². The van der Waals surface area contributed by atoms with Crippen LogP contribution in [0.2, 0.25) is 0 Å². The number of carbonyl (C=O) groups excluding carboxylic acids is 1. The second-order valence-electron chi connectivity index (χ2n) is 4.01. The van der Waals surface area contributed by atoms with Gasteiger partial charge in [0.2, 0.25) is 5.91 Å². The Kier molecular flexibility index (Phi) is 5.24. The molecular weight excluding hydrogens is 200 g/mol. The van der Waals surface area contributed by atoms with E-state index in [1.165, 1.54) is 7.11 Å². The molecule has 0 spiro atoms. The van der Waals surface area contributed by atoms with Gasteiger partial charge in [-0.2, -0.15) is 0 Å². The number of nitrogens with two attached hydrogens (primary N) is 1. The molecule has 0 fully saturated rings. The van der Waals surface area contributed by atoms with E-state index in [1.807, 2.05) is 0 Å². The quantitative estimate of drug-likeness (QED) is 0.548. The lowest BCUT2D eigenvalue weighted by Crippen LogP contribution is -2.53. The Morgan fingerprint density at radius 2 is 2.07 bits per heavy atom. The van der Waals surface area contributed by atoms with Gasteiger partial charge in [-0.15, -0.1) is 0 Å². The molecule has 0 aromatic rings. The lowest BCUT2D eigenvalue weighted by Gasteiger charge is -2.26. The standard InChI is InChI=1S/C9H18N2O4/c1-9(2,5-15-3)11-8(14)6(10)4-7(12)13/h6H,4-5,10H2,1-3H3,(H,11,14)(H,12,13). The third-order valence-corrected chi connectivity index (χ3v) is 1.70. The van der Waals surface area contributed by atoms with Gasteiger partial charge in [0.05, 0.1) is 24.6 Å². The van der Waals surface area contributed by atoms with Crippen LogP contribution >= 0.6 is 0 Å². The lowest BCUT2D eigenvalue weighted by atomic mass is 10.1. The lowest BCUT2D eigenvalue weighted by molar-refractivity contribution is -0.139. The summed E-state index contributed by atoms with van der Waals surface area (Å²) in [6, 6.07) is -1.03. The van der Waals surface area contributed by atoms with Crippen LogP contribution in [0.3, 0.4) is 0 Å².